The molecule has 11 heteroatoms. The van der Waals surface area contributed by atoms with Gasteiger partial charge < -0.3 is 14.2 Å². The van der Waals surface area contributed by atoms with E-state index < -0.39 is 21.2 Å². The first kappa shape index (κ1) is 22.9. The number of rotatable bonds is 8. The third-order valence-corrected chi connectivity index (χ3v) is 5.05. The summed E-state index contributed by atoms with van der Waals surface area (Å²) < 4.78 is 16.9. The molecular weight excluding hydrogens is 533 g/mol. The minimum absolute atomic E-state index is 0.142. The summed E-state index contributed by atoms with van der Waals surface area (Å²) in [4.78, 5) is 25.3. The highest BCUT2D eigenvalue weighted by atomic mass is 127. The lowest BCUT2D eigenvalue weighted by Gasteiger charge is -2.13. The highest BCUT2D eigenvalue weighted by Gasteiger charge is 2.23. The van der Waals surface area contributed by atoms with Crippen LogP contribution in [0.3, 0.4) is 0 Å². The van der Waals surface area contributed by atoms with Crippen LogP contribution in [-0.4, -0.2) is 30.3 Å². The van der Waals surface area contributed by atoms with E-state index in [1.807, 2.05) is 34.7 Å². The summed E-state index contributed by atoms with van der Waals surface area (Å²) in [6.07, 6.45) is 1.64. The Hall–Kier alpha value is -3.74. The first-order valence-corrected chi connectivity index (χ1v) is 10.1. The predicted molar refractivity (Wildman–Crippen MR) is 126 cm³/mol. The fourth-order valence-corrected chi connectivity index (χ4v) is 3.42. The van der Waals surface area contributed by atoms with Gasteiger partial charge in [0.15, 0.2) is 11.5 Å². The maximum Gasteiger partial charge on any atom is 0.318 e. The molecule has 0 atom stereocenters. The van der Waals surface area contributed by atoms with Crippen molar-refractivity contribution in [3.8, 4) is 23.0 Å². The second-order valence-electron chi connectivity index (χ2n) is 6.26. The molecule has 0 aliphatic carbocycles. The van der Waals surface area contributed by atoms with E-state index in [0.717, 1.165) is 23.6 Å². The molecule has 3 aromatic carbocycles. The second-order valence-corrected chi connectivity index (χ2v) is 7.42. The van der Waals surface area contributed by atoms with E-state index in [1.54, 1.807) is 37.6 Å². The van der Waals surface area contributed by atoms with E-state index in [0.29, 0.717) is 14.9 Å². The van der Waals surface area contributed by atoms with Crippen molar-refractivity contribution < 1.29 is 24.1 Å². The number of nitro benzene ring substituents is 2. The van der Waals surface area contributed by atoms with Gasteiger partial charge >= 0.3 is 5.69 Å². The Morgan fingerprint density at radius 3 is 2.22 bits per heavy atom. The Balaban J connectivity index is 1.92. The van der Waals surface area contributed by atoms with Gasteiger partial charge in [-0.05, 0) is 70.6 Å². The summed E-state index contributed by atoms with van der Waals surface area (Å²) in [6.45, 7) is 0. The van der Waals surface area contributed by atoms with Gasteiger partial charge in [-0.3, -0.25) is 25.2 Å². The molecule has 10 nitrogen and oxygen atoms in total. The quantitative estimate of drug-likeness (QED) is 0.153. The lowest BCUT2D eigenvalue weighted by molar-refractivity contribution is -0.394. The molecule has 0 N–H and O–H groups in total. The van der Waals surface area contributed by atoms with Gasteiger partial charge in [-0.25, -0.2) is 0 Å². The summed E-state index contributed by atoms with van der Waals surface area (Å²) in [5, 5.41) is 22.3. The van der Waals surface area contributed by atoms with Gasteiger partial charge in [0.1, 0.15) is 5.75 Å². The fourth-order valence-electron chi connectivity index (χ4n) is 2.69. The number of nitrogens with zero attached hydrogens (tertiary/aromatic N) is 3. The standard InChI is InChI=1S/C21H16IN3O7/c1-30-16-6-3-14(4-7-16)23-12-13-9-17(22)21(20(10-13)31-2)32-19-8-5-15(24(26)27)11-18(19)25(28)29/h3-12H,1-2H3. The summed E-state index contributed by atoms with van der Waals surface area (Å²) in [6, 6.07) is 13.8. The van der Waals surface area contributed by atoms with Crippen LogP contribution in [-0.2, 0) is 0 Å². The maximum absolute atomic E-state index is 11.4. The number of hydrogen-bond donors (Lipinski definition) is 0. The van der Waals surface area contributed by atoms with E-state index in [1.165, 1.54) is 13.2 Å². The van der Waals surface area contributed by atoms with Crippen molar-refractivity contribution in [1.82, 2.24) is 0 Å². The lowest BCUT2D eigenvalue weighted by Crippen LogP contribution is -1.99. The average molecular weight is 549 g/mol. The van der Waals surface area contributed by atoms with Gasteiger partial charge in [0.25, 0.3) is 5.69 Å². The Labute approximate surface area is 195 Å². The molecule has 0 aliphatic rings. The van der Waals surface area contributed by atoms with Gasteiger partial charge in [0.05, 0.1) is 39.4 Å². The Morgan fingerprint density at radius 1 is 0.906 bits per heavy atom. The number of aliphatic imine (C=N–C) groups is 1. The third-order valence-electron chi connectivity index (χ3n) is 4.25. The molecule has 0 aromatic heterocycles. The molecule has 0 spiro atoms. The van der Waals surface area contributed by atoms with Crippen LogP contribution in [0.25, 0.3) is 0 Å². The smallest absolute Gasteiger partial charge is 0.318 e. The Bertz CT molecular complexity index is 1200. The molecule has 0 fully saturated rings. The van der Waals surface area contributed by atoms with Crippen molar-refractivity contribution in [2.45, 2.75) is 0 Å². The molecule has 0 saturated carbocycles. The number of benzene rings is 3. The largest absolute Gasteiger partial charge is 0.497 e. The minimum atomic E-state index is -0.739. The molecule has 0 aliphatic heterocycles. The Kier molecular flexibility index (Phi) is 7.20. The van der Waals surface area contributed by atoms with Crippen LogP contribution in [0.5, 0.6) is 23.0 Å². The molecular formula is C21H16IN3O7. The van der Waals surface area contributed by atoms with Crippen molar-refractivity contribution in [2.24, 2.45) is 4.99 Å². The van der Waals surface area contributed by atoms with E-state index in [9.17, 15) is 20.2 Å². The SMILES string of the molecule is COc1ccc(N=Cc2cc(I)c(Oc3ccc([N+](=O)[O-])cc3[N+](=O)[O-])c(OC)c2)cc1. The molecule has 0 amide bonds. The number of nitro groups is 2. The zero-order valence-corrected chi connectivity index (χ0v) is 19.0. The van der Waals surface area contributed by atoms with Crippen molar-refractivity contribution in [3.63, 3.8) is 0 Å². The molecule has 0 heterocycles. The fraction of sp³-hybridized carbons (Fsp3) is 0.0952. The van der Waals surface area contributed by atoms with Crippen molar-refractivity contribution in [2.75, 3.05) is 14.2 Å². The molecule has 164 valence electrons. The zero-order chi connectivity index (χ0) is 23.3. The van der Waals surface area contributed by atoms with Crippen LogP contribution in [0, 0.1) is 23.8 Å². The number of hydrogen-bond acceptors (Lipinski definition) is 8. The monoisotopic (exact) mass is 549 g/mol. The van der Waals surface area contributed by atoms with Crippen molar-refractivity contribution in [1.29, 1.82) is 0 Å². The molecule has 0 bridgehead atoms. The van der Waals surface area contributed by atoms with Crippen molar-refractivity contribution in [3.05, 3.63) is 84.0 Å². The topological polar surface area (TPSA) is 126 Å². The summed E-state index contributed by atoms with van der Waals surface area (Å²) in [5.74, 6) is 1.14. The van der Waals surface area contributed by atoms with Gasteiger partial charge in [-0.15, -0.1) is 0 Å². The minimum Gasteiger partial charge on any atom is -0.497 e. The van der Waals surface area contributed by atoms with Gasteiger partial charge in [0, 0.05) is 12.3 Å². The van der Waals surface area contributed by atoms with E-state index >= 15 is 0 Å². The van der Waals surface area contributed by atoms with Crippen LogP contribution in [0.4, 0.5) is 17.1 Å². The number of ether oxygens (including phenoxy) is 3. The van der Waals surface area contributed by atoms with E-state index in [4.69, 9.17) is 14.2 Å². The zero-order valence-electron chi connectivity index (χ0n) is 16.9. The van der Waals surface area contributed by atoms with Crippen LogP contribution >= 0.6 is 22.6 Å². The van der Waals surface area contributed by atoms with E-state index in [-0.39, 0.29) is 11.5 Å². The molecule has 3 aromatic rings. The molecule has 0 radical (unpaired) electrons. The predicted octanol–water partition coefficient (Wildman–Crippen LogP) is 5.67. The van der Waals surface area contributed by atoms with Crippen LogP contribution in [0.1, 0.15) is 5.56 Å². The first-order chi connectivity index (χ1) is 15.3. The molecule has 3 rings (SSSR count). The summed E-state index contributed by atoms with van der Waals surface area (Å²) in [7, 11) is 3.02. The maximum atomic E-state index is 11.4. The van der Waals surface area contributed by atoms with Gasteiger partial charge in [0.2, 0.25) is 5.75 Å². The van der Waals surface area contributed by atoms with Crippen molar-refractivity contribution >= 4 is 45.9 Å². The molecule has 0 saturated heterocycles. The lowest BCUT2D eigenvalue weighted by atomic mass is 10.2. The highest BCUT2D eigenvalue weighted by molar-refractivity contribution is 14.1. The van der Waals surface area contributed by atoms with Crippen LogP contribution in [0.2, 0.25) is 0 Å². The summed E-state index contributed by atoms with van der Waals surface area (Å²) in [5.41, 5.74) is 0.507. The molecule has 32 heavy (non-hydrogen) atoms. The second kappa shape index (κ2) is 10.0. The normalized spacial score (nSPS) is 10.7. The number of methoxy groups -OCH3 is 2. The molecule has 0 unspecified atom stereocenters. The first-order valence-electron chi connectivity index (χ1n) is 8.98. The number of halogens is 1. The number of non-ortho nitro benzene ring substituents is 1. The van der Waals surface area contributed by atoms with Crippen LogP contribution < -0.4 is 14.2 Å². The van der Waals surface area contributed by atoms with Gasteiger partial charge in [-0.2, -0.15) is 0 Å². The van der Waals surface area contributed by atoms with Crippen LogP contribution in [0.15, 0.2) is 59.6 Å². The third kappa shape index (κ3) is 5.29. The van der Waals surface area contributed by atoms with Gasteiger partial charge in [-0.1, -0.05) is 0 Å². The van der Waals surface area contributed by atoms with E-state index in [2.05, 4.69) is 4.99 Å². The average Bonchev–Trinajstić information content (AvgIpc) is 2.79. The highest BCUT2D eigenvalue weighted by Crippen LogP contribution is 2.41. The Morgan fingerprint density at radius 2 is 1.62 bits per heavy atom. The summed E-state index contributed by atoms with van der Waals surface area (Å²) >= 11 is 2.01.